The average molecular weight is 232 g/mol. The van der Waals surface area contributed by atoms with Gasteiger partial charge in [0.1, 0.15) is 11.4 Å². The lowest BCUT2D eigenvalue weighted by molar-refractivity contribution is -0.109. The van der Waals surface area contributed by atoms with Gasteiger partial charge in [0.05, 0.1) is 10.9 Å². The van der Waals surface area contributed by atoms with E-state index in [0.717, 1.165) is 35.6 Å². The van der Waals surface area contributed by atoms with Gasteiger partial charge in [0.2, 0.25) is 0 Å². The molecule has 1 aliphatic carbocycles. The lowest BCUT2D eigenvalue weighted by Gasteiger charge is -2.10. The van der Waals surface area contributed by atoms with E-state index in [-0.39, 0.29) is 5.41 Å². The normalized spacial score (nSPS) is 17.3. The van der Waals surface area contributed by atoms with Crippen LogP contribution >= 0.6 is 11.6 Å². The highest BCUT2D eigenvalue weighted by molar-refractivity contribution is 6.31. The quantitative estimate of drug-likeness (QED) is 0.587. The predicted octanol–water partition coefficient (Wildman–Crippen LogP) is 3.12. The van der Waals surface area contributed by atoms with Gasteiger partial charge in [0, 0.05) is 10.9 Å². The molecule has 16 heavy (non-hydrogen) atoms. The summed E-state index contributed by atoms with van der Waals surface area (Å²) < 4.78 is 0. The molecule has 3 rings (SSSR count). The Morgan fingerprint density at radius 3 is 2.75 bits per heavy atom. The van der Waals surface area contributed by atoms with Crippen molar-refractivity contribution < 1.29 is 4.79 Å². The zero-order valence-corrected chi connectivity index (χ0v) is 9.37. The number of fused-ring (bicyclic) bond motifs is 1. The minimum atomic E-state index is -0.353. The van der Waals surface area contributed by atoms with E-state index < -0.39 is 0 Å². The summed E-state index contributed by atoms with van der Waals surface area (Å²) in [6.45, 7) is 0. The summed E-state index contributed by atoms with van der Waals surface area (Å²) in [6.07, 6.45) is 2.77. The van der Waals surface area contributed by atoms with Crippen molar-refractivity contribution in [1.29, 1.82) is 0 Å². The Morgan fingerprint density at radius 1 is 1.31 bits per heavy atom. The van der Waals surface area contributed by atoms with Gasteiger partial charge in [-0.3, -0.25) is 0 Å². The number of nitrogens with zero attached hydrogens (tertiary/aromatic N) is 1. The second-order valence-electron chi connectivity index (χ2n) is 4.29. The third kappa shape index (κ3) is 1.34. The van der Waals surface area contributed by atoms with Crippen molar-refractivity contribution in [3.8, 4) is 0 Å². The molecule has 0 saturated heterocycles. The van der Waals surface area contributed by atoms with Gasteiger partial charge in [0.25, 0.3) is 0 Å². The van der Waals surface area contributed by atoms with Gasteiger partial charge < -0.3 is 4.79 Å². The first-order valence-electron chi connectivity index (χ1n) is 5.27. The fraction of sp³-hybridized carbons (Fsp3) is 0.231. The molecule has 1 aromatic heterocycles. The molecule has 1 fully saturated rings. The lowest BCUT2D eigenvalue weighted by atomic mass is 9.98. The number of para-hydroxylation sites is 1. The van der Waals surface area contributed by atoms with Crippen molar-refractivity contribution in [2.45, 2.75) is 18.3 Å². The highest BCUT2D eigenvalue weighted by atomic mass is 35.5. The van der Waals surface area contributed by atoms with E-state index in [0.29, 0.717) is 5.15 Å². The Morgan fingerprint density at radius 2 is 2.06 bits per heavy atom. The van der Waals surface area contributed by atoms with Gasteiger partial charge in [-0.05, 0) is 25.0 Å². The summed E-state index contributed by atoms with van der Waals surface area (Å²) in [4.78, 5) is 15.4. The summed E-state index contributed by atoms with van der Waals surface area (Å²) in [5, 5.41) is 1.50. The van der Waals surface area contributed by atoms with Gasteiger partial charge in [-0.15, -0.1) is 0 Å². The maximum absolute atomic E-state index is 11.1. The minimum Gasteiger partial charge on any atom is -0.302 e. The molecule has 2 nitrogen and oxygen atoms in total. The van der Waals surface area contributed by atoms with Crippen LogP contribution < -0.4 is 0 Å². The molecule has 0 N–H and O–H groups in total. The topological polar surface area (TPSA) is 30.0 Å². The molecular formula is C13H10ClNO. The zero-order chi connectivity index (χ0) is 11.2. The van der Waals surface area contributed by atoms with Gasteiger partial charge in [0.15, 0.2) is 0 Å². The summed E-state index contributed by atoms with van der Waals surface area (Å²) in [7, 11) is 0. The summed E-state index contributed by atoms with van der Waals surface area (Å²) in [5.74, 6) is 0. The number of hydrogen-bond acceptors (Lipinski definition) is 2. The van der Waals surface area contributed by atoms with Crippen LogP contribution in [0.1, 0.15) is 18.4 Å². The van der Waals surface area contributed by atoms with E-state index in [1.165, 1.54) is 0 Å². The number of hydrogen-bond donors (Lipinski definition) is 0. The Kier molecular flexibility index (Phi) is 2.01. The zero-order valence-electron chi connectivity index (χ0n) is 8.61. The second kappa shape index (κ2) is 3.29. The van der Waals surface area contributed by atoms with Crippen LogP contribution in [0.5, 0.6) is 0 Å². The Bertz CT molecular complexity index is 575. The van der Waals surface area contributed by atoms with E-state index in [4.69, 9.17) is 11.6 Å². The molecule has 0 amide bonds. The fourth-order valence-corrected chi connectivity index (χ4v) is 2.36. The first-order chi connectivity index (χ1) is 7.75. The third-order valence-electron chi connectivity index (χ3n) is 3.23. The molecule has 1 saturated carbocycles. The maximum Gasteiger partial charge on any atom is 0.133 e. The van der Waals surface area contributed by atoms with Gasteiger partial charge >= 0.3 is 0 Å². The Hall–Kier alpha value is -1.41. The number of halogens is 1. The van der Waals surface area contributed by atoms with Gasteiger partial charge in [-0.1, -0.05) is 29.8 Å². The van der Waals surface area contributed by atoms with Crippen LogP contribution in [0, 0.1) is 0 Å². The van der Waals surface area contributed by atoms with Crippen molar-refractivity contribution in [3.05, 3.63) is 41.0 Å². The minimum absolute atomic E-state index is 0.353. The molecule has 3 heteroatoms. The van der Waals surface area contributed by atoms with Crippen molar-refractivity contribution in [2.75, 3.05) is 0 Å². The molecule has 1 aromatic carbocycles. The number of benzene rings is 1. The summed E-state index contributed by atoms with van der Waals surface area (Å²) in [5.41, 5.74) is 1.40. The maximum atomic E-state index is 11.1. The van der Waals surface area contributed by atoms with Crippen LogP contribution in [0.25, 0.3) is 10.9 Å². The van der Waals surface area contributed by atoms with Crippen molar-refractivity contribution in [3.63, 3.8) is 0 Å². The van der Waals surface area contributed by atoms with E-state index >= 15 is 0 Å². The molecule has 80 valence electrons. The molecule has 2 aromatic rings. The molecule has 0 bridgehead atoms. The monoisotopic (exact) mass is 231 g/mol. The van der Waals surface area contributed by atoms with Crippen molar-refractivity contribution >= 4 is 28.8 Å². The van der Waals surface area contributed by atoms with Crippen LogP contribution in [-0.2, 0) is 10.2 Å². The van der Waals surface area contributed by atoms with Gasteiger partial charge in [-0.25, -0.2) is 4.98 Å². The van der Waals surface area contributed by atoms with E-state index in [1.807, 2.05) is 30.3 Å². The fourth-order valence-electron chi connectivity index (χ4n) is 2.03. The molecule has 0 aliphatic heterocycles. The van der Waals surface area contributed by atoms with E-state index in [2.05, 4.69) is 4.98 Å². The van der Waals surface area contributed by atoms with Crippen molar-refractivity contribution in [1.82, 2.24) is 4.98 Å². The first kappa shape index (κ1) is 9.79. The summed E-state index contributed by atoms with van der Waals surface area (Å²) in [6, 6.07) is 9.79. The lowest BCUT2D eigenvalue weighted by Crippen LogP contribution is -2.09. The number of carbonyl (C=O) groups excluding carboxylic acids is 1. The second-order valence-corrected chi connectivity index (χ2v) is 4.65. The SMILES string of the molecule is O=CC1(c2cc3ccccc3nc2Cl)CC1. The van der Waals surface area contributed by atoms with Crippen LogP contribution in [0.4, 0.5) is 0 Å². The molecule has 0 atom stereocenters. The molecule has 1 aliphatic rings. The number of carbonyl (C=O) groups is 1. The molecule has 0 spiro atoms. The van der Waals surface area contributed by atoms with E-state index in [1.54, 1.807) is 0 Å². The predicted molar refractivity (Wildman–Crippen MR) is 63.7 cm³/mol. The Balaban J connectivity index is 2.26. The summed E-state index contributed by atoms with van der Waals surface area (Å²) >= 11 is 6.14. The van der Waals surface area contributed by atoms with Crippen LogP contribution in [-0.4, -0.2) is 11.3 Å². The number of aldehydes is 1. The number of rotatable bonds is 2. The highest BCUT2D eigenvalue weighted by Crippen LogP contribution is 2.48. The number of pyridine rings is 1. The Labute approximate surface area is 98.3 Å². The number of aromatic nitrogens is 1. The van der Waals surface area contributed by atoms with Crippen LogP contribution in [0.3, 0.4) is 0 Å². The molecule has 1 heterocycles. The van der Waals surface area contributed by atoms with Gasteiger partial charge in [-0.2, -0.15) is 0 Å². The molecule has 0 radical (unpaired) electrons. The largest absolute Gasteiger partial charge is 0.302 e. The third-order valence-corrected chi connectivity index (χ3v) is 3.52. The van der Waals surface area contributed by atoms with E-state index in [9.17, 15) is 4.79 Å². The molecular weight excluding hydrogens is 222 g/mol. The standard InChI is InChI=1S/C13H10ClNO/c14-12-10(13(8-16)5-6-13)7-9-3-1-2-4-11(9)15-12/h1-4,7-8H,5-6H2. The van der Waals surface area contributed by atoms with Crippen molar-refractivity contribution in [2.24, 2.45) is 0 Å². The smallest absolute Gasteiger partial charge is 0.133 e. The average Bonchev–Trinajstić information content (AvgIpc) is 3.09. The van der Waals surface area contributed by atoms with Crippen LogP contribution in [0.15, 0.2) is 30.3 Å². The highest BCUT2D eigenvalue weighted by Gasteiger charge is 2.46. The van der Waals surface area contributed by atoms with Crippen LogP contribution in [0.2, 0.25) is 5.15 Å². The first-order valence-corrected chi connectivity index (χ1v) is 5.65. The molecule has 0 unspecified atom stereocenters.